The van der Waals surface area contributed by atoms with Crippen molar-refractivity contribution >= 4 is 5.91 Å². The quantitative estimate of drug-likeness (QED) is 0.708. The van der Waals surface area contributed by atoms with Crippen LogP contribution in [0.3, 0.4) is 0 Å². The first-order chi connectivity index (χ1) is 7.42. The first kappa shape index (κ1) is 11.9. The predicted octanol–water partition coefficient (Wildman–Crippen LogP) is 1.44. The zero-order valence-electron chi connectivity index (χ0n) is 11.0. The number of carbonyl (C=O) groups excluding carboxylic acids is 1. The molecule has 2 aliphatic heterocycles. The van der Waals surface area contributed by atoms with E-state index in [1.165, 1.54) is 6.42 Å². The summed E-state index contributed by atoms with van der Waals surface area (Å²) in [5.74, 6) is 1.33. The van der Waals surface area contributed by atoms with Gasteiger partial charge < -0.3 is 9.80 Å². The minimum atomic E-state index is 0.277. The Bertz CT molecular complexity index is 284. The Kier molecular flexibility index (Phi) is 2.99. The van der Waals surface area contributed by atoms with Crippen molar-refractivity contribution < 1.29 is 4.79 Å². The van der Waals surface area contributed by atoms with Gasteiger partial charge in [0.15, 0.2) is 0 Å². The summed E-state index contributed by atoms with van der Waals surface area (Å²) >= 11 is 0. The van der Waals surface area contributed by atoms with Crippen molar-refractivity contribution in [2.45, 2.75) is 27.2 Å². The van der Waals surface area contributed by atoms with E-state index in [1.54, 1.807) is 0 Å². The van der Waals surface area contributed by atoms with Crippen LogP contribution in [-0.4, -0.2) is 48.9 Å². The van der Waals surface area contributed by atoms with E-state index < -0.39 is 0 Å². The summed E-state index contributed by atoms with van der Waals surface area (Å²) in [5.41, 5.74) is 0.339. The molecular weight excluding hydrogens is 200 g/mol. The largest absolute Gasteiger partial charge is 0.342 e. The number of likely N-dealkylation sites (tertiary alicyclic amines) is 2. The average molecular weight is 224 g/mol. The Labute approximate surface area is 98.8 Å². The molecule has 0 bridgehead atoms. The minimum absolute atomic E-state index is 0.277. The van der Waals surface area contributed by atoms with E-state index in [0.29, 0.717) is 17.2 Å². The van der Waals surface area contributed by atoms with Crippen LogP contribution in [0, 0.1) is 17.3 Å². The molecular formula is C13H24N2O. The van der Waals surface area contributed by atoms with E-state index in [9.17, 15) is 4.79 Å². The third kappa shape index (κ3) is 1.97. The van der Waals surface area contributed by atoms with Crippen LogP contribution in [0.25, 0.3) is 0 Å². The molecule has 0 unspecified atom stereocenters. The highest BCUT2D eigenvalue weighted by atomic mass is 16.2. The van der Waals surface area contributed by atoms with Crippen LogP contribution in [-0.2, 0) is 4.79 Å². The second-order valence-corrected chi connectivity index (χ2v) is 6.24. The highest BCUT2D eigenvalue weighted by Crippen LogP contribution is 2.37. The zero-order valence-corrected chi connectivity index (χ0v) is 11.0. The summed E-state index contributed by atoms with van der Waals surface area (Å²) in [5, 5.41) is 0. The lowest BCUT2D eigenvalue weighted by Gasteiger charge is -2.38. The molecule has 0 N–H and O–H groups in total. The van der Waals surface area contributed by atoms with Crippen molar-refractivity contribution in [1.29, 1.82) is 0 Å². The molecule has 3 nitrogen and oxygen atoms in total. The summed E-state index contributed by atoms with van der Waals surface area (Å²) in [7, 11) is 2.08. The van der Waals surface area contributed by atoms with E-state index in [0.717, 1.165) is 26.2 Å². The molecule has 0 aliphatic carbocycles. The van der Waals surface area contributed by atoms with E-state index in [2.05, 4.69) is 37.6 Å². The minimum Gasteiger partial charge on any atom is -0.342 e. The molecule has 0 aromatic carbocycles. The fourth-order valence-corrected chi connectivity index (χ4v) is 2.76. The maximum atomic E-state index is 12.2. The van der Waals surface area contributed by atoms with Crippen LogP contribution in [0.5, 0.6) is 0 Å². The highest BCUT2D eigenvalue weighted by Gasteiger charge is 2.41. The summed E-state index contributed by atoms with van der Waals surface area (Å²) in [6, 6.07) is 0. The third-order valence-electron chi connectivity index (χ3n) is 4.62. The van der Waals surface area contributed by atoms with Gasteiger partial charge in [-0.15, -0.1) is 0 Å². The second-order valence-electron chi connectivity index (χ2n) is 6.24. The molecule has 16 heavy (non-hydrogen) atoms. The van der Waals surface area contributed by atoms with Crippen molar-refractivity contribution in [3.05, 3.63) is 0 Å². The van der Waals surface area contributed by atoms with Gasteiger partial charge in [0.25, 0.3) is 0 Å². The summed E-state index contributed by atoms with van der Waals surface area (Å²) in [6.07, 6.45) is 1.17. The van der Waals surface area contributed by atoms with Crippen LogP contribution < -0.4 is 0 Å². The zero-order chi connectivity index (χ0) is 11.9. The standard InChI is InChI=1S/C13H24N2O/c1-10(2)13(3)5-6-15(9-13)12(16)11-7-14(4)8-11/h10-11H,5-9H2,1-4H3/t13-/m0/s1. The molecule has 0 aromatic rings. The maximum absolute atomic E-state index is 12.2. The van der Waals surface area contributed by atoms with Crippen LogP contribution in [0.1, 0.15) is 27.2 Å². The van der Waals surface area contributed by atoms with Gasteiger partial charge in [0, 0.05) is 26.2 Å². The Hall–Kier alpha value is -0.570. The molecule has 0 spiro atoms. The van der Waals surface area contributed by atoms with E-state index >= 15 is 0 Å². The topological polar surface area (TPSA) is 23.6 Å². The molecule has 2 fully saturated rings. The molecule has 1 atom stereocenters. The fraction of sp³-hybridized carbons (Fsp3) is 0.923. The van der Waals surface area contributed by atoms with Crippen LogP contribution in [0.4, 0.5) is 0 Å². The first-order valence-electron chi connectivity index (χ1n) is 6.40. The number of amides is 1. The number of hydrogen-bond acceptors (Lipinski definition) is 2. The molecule has 1 amide bonds. The molecule has 0 aromatic heterocycles. The monoisotopic (exact) mass is 224 g/mol. The van der Waals surface area contributed by atoms with Gasteiger partial charge in [0.1, 0.15) is 0 Å². The smallest absolute Gasteiger partial charge is 0.228 e. The number of nitrogens with zero attached hydrogens (tertiary/aromatic N) is 2. The van der Waals surface area contributed by atoms with Gasteiger partial charge in [-0.05, 0) is 24.8 Å². The SMILES string of the molecule is CC(C)[C@@]1(C)CCN(C(=O)C2CN(C)C2)C1. The molecule has 2 aliphatic rings. The Morgan fingerprint density at radius 3 is 2.44 bits per heavy atom. The lowest BCUT2D eigenvalue weighted by Crippen LogP contribution is -2.52. The van der Waals surface area contributed by atoms with Crippen molar-refractivity contribution in [3.8, 4) is 0 Å². The van der Waals surface area contributed by atoms with Gasteiger partial charge >= 0.3 is 0 Å². The average Bonchev–Trinajstić information content (AvgIpc) is 2.57. The Morgan fingerprint density at radius 2 is 2.00 bits per heavy atom. The fourth-order valence-electron chi connectivity index (χ4n) is 2.76. The molecule has 2 heterocycles. The molecule has 92 valence electrons. The second kappa shape index (κ2) is 4.02. The van der Waals surface area contributed by atoms with Gasteiger partial charge in [-0.25, -0.2) is 0 Å². The highest BCUT2D eigenvalue weighted by molar-refractivity contribution is 5.80. The normalized spacial score (nSPS) is 32.2. The lowest BCUT2D eigenvalue weighted by atomic mass is 9.78. The van der Waals surface area contributed by atoms with Crippen molar-refractivity contribution in [2.75, 3.05) is 33.2 Å². The number of carbonyl (C=O) groups is 1. The van der Waals surface area contributed by atoms with Gasteiger partial charge in [-0.1, -0.05) is 20.8 Å². The summed E-state index contributed by atoms with van der Waals surface area (Å²) in [6.45, 7) is 10.7. The molecule has 2 rings (SSSR count). The van der Waals surface area contributed by atoms with Crippen molar-refractivity contribution in [3.63, 3.8) is 0 Å². The third-order valence-corrected chi connectivity index (χ3v) is 4.62. The van der Waals surface area contributed by atoms with Gasteiger partial charge in [0.2, 0.25) is 5.91 Å². The van der Waals surface area contributed by atoms with Crippen molar-refractivity contribution in [1.82, 2.24) is 9.80 Å². The number of hydrogen-bond donors (Lipinski definition) is 0. The van der Waals surface area contributed by atoms with E-state index in [1.807, 2.05) is 0 Å². The van der Waals surface area contributed by atoms with Crippen LogP contribution in [0.2, 0.25) is 0 Å². The number of rotatable bonds is 2. The Morgan fingerprint density at radius 1 is 1.38 bits per heavy atom. The van der Waals surface area contributed by atoms with Crippen LogP contribution >= 0.6 is 0 Å². The Balaban J connectivity index is 1.91. The predicted molar refractivity (Wildman–Crippen MR) is 65.1 cm³/mol. The van der Waals surface area contributed by atoms with Crippen LogP contribution in [0.15, 0.2) is 0 Å². The maximum Gasteiger partial charge on any atom is 0.228 e. The van der Waals surface area contributed by atoms with Gasteiger partial charge in [-0.3, -0.25) is 4.79 Å². The van der Waals surface area contributed by atoms with Gasteiger partial charge in [0.05, 0.1) is 5.92 Å². The molecule has 0 saturated carbocycles. The molecule has 2 saturated heterocycles. The van der Waals surface area contributed by atoms with E-state index in [-0.39, 0.29) is 5.92 Å². The first-order valence-corrected chi connectivity index (χ1v) is 6.40. The van der Waals surface area contributed by atoms with E-state index in [4.69, 9.17) is 0 Å². The summed E-state index contributed by atoms with van der Waals surface area (Å²) < 4.78 is 0. The van der Waals surface area contributed by atoms with Gasteiger partial charge in [-0.2, -0.15) is 0 Å². The summed E-state index contributed by atoms with van der Waals surface area (Å²) in [4.78, 5) is 16.5. The lowest BCUT2D eigenvalue weighted by molar-refractivity contribution is -0.139. The van der Waals surface area contributed by atoms with Crippen molar-refractivity contribution in [2.24, 2.45) is 17.3 Å². The molecule has 0 radical (unpaired) electrons. The molecule has 3 heteroatoms.